The zero-order valence-electron chi connectivity index (χ0n) is 11.3. The molecule has 6 nitrogen and oxygen atoms in total. The molecule has 2 rings (SSSR count). The second kappa shape index (κ2) is 6.38. The third-order valence-electron chi connectivity index (χ3n) is 3.36. The first-order valence-corrected chi connectivity index (χ1v) is 6.57. The predicted octanol–water partition coefficient (Wildman–Crippen LogP) is 1.47. The summed E-state index contributed by atoms with van der Waals surface area (Å²) in [6.07, 6.45) is 0.806. The van der Waals surface area contributed by atoms with Crippen LogP contribution in [0.1, 0.15) is 12.5 Å². The van der Waals surface area contributed by atoms with Gasteiger partial charge in [0, 0.05) is 5.69 Å². The third-order valence-corrected chi connectivity index (χ3v) is 3.36. The van der Waals surface area contributed by atoms with Crippen molar-refractivity contribution in [3.05, 3.63) is 29.8 Å². The van der Waals surface area contributed by atoms with Crippen LogP contribution in [0.25, 0.3) is 0 Å². The summed E-state index contributed by atoms with van der Waals surface area (Å²) < 4.78 is 5.10. The minimum atomic E-state index is -0.957. The summed E-state index contributed by atoms with van der Waals surface area (Å²) in [5.74, 6) is -1.65. The van der Waals surface area contributed by atoms with Crippen LogP contribution in [0.4, 0.5) is 10.5 Å². The van der Waals surface area contributed by atoms with Crippen LogP contribution in [0, 0.1) is 5.92 Å². The van der Waals surface area contributed by atoms with Gasteiger partial charge in [0.1, 0.15) is 5.92 Å². The van der Waals surface area contributed by atoms with E-state index in [9.17, 15) is 9.59 Å². The van der Waals surface area contributed by atoms with Gasteiger partial charge in [-0.2, -0.15) is 0 Å². The molecule has 1 aliphatic rings. The molecule has 2 amide bonds. The summed E-state index contributed by atoms with van der Waals surface area (Å²) in [5.41, 5.74) is 1.76. The molecule has 108 valence electrons. The van der Waals surface area contributed by atoms with Gasteiger partial charge in [0.25, 0.3) is 0 Å². The average molecular weight is 278 g/mol. The number of carboxylic acid groups (broad SMARTS) is 1. The highest BCUT2D eigenvalue weighted by atomic mass is 16.5. The van der Waals surface area contributed by atoms with Crippen LogP contribution >= 0.6 is 0 Å². The molecular formula is C14H18N2O4. The van der Waals surface area contributed by atoms with Crippen LogP contribution in [0.5, 0.6) is 0 Å². The number of ether oxygens (including phenoxy) is 1. The van der Waals surface area contributed by atoms with E-state index in [-0.39, 0.29) is 13.2 Å². The number of carbonyl (C=O) groups excluding carboxylic acids is 1. The first-order valence-electron chi connectivity index (χ1n) is 6.57. The summed E-state index contributed by atoms with van der Waals surface area (Å²) in [4.78, 5) is 22.9. The van der Waals surface area contributed by atoms with Crippen molar-refractivity contribution < 1.29 is 19.4 Å². The lowest BCUT2D eigenvalue weighted by Crippen LogP contribution is -2.44. The van der Waals surface area contributed by atoms with Crippen molar-refractivity contribution in [1.82, 2.24) is 5.32 Å². The van der Waals surface area contributed by atoms with E-state index in [1.807, 2.05) is 31.2 Å². The standard InChI is InChI=1S/C14H18N2O4/c1-2-9-5-3-4-6-11(9)15-14(19)16-12-8-20-7-10(12)13(17)18/h3-6,10,12H,2,7-8H2,1H3,(H,17,18)(H2,15,16,19). The maximum atomic E-state index is 11.9. The van der Waals surface area contributed by atoms with Gasteiger partial charge >= 0.3 is 12.0 Å². The number of amides is 2. The first-order chi connectivity index (χ1) is 9.61. The Hall–Kier alpha value is -2.08. The fraction of sp³-hybridized carbons (Fsp3) is 0.429. The van der Waals surface area contributed by atoms with Crippen LogP contribution in [0.2, 0.25) is 0 Å². The van der Waals surface area contributed by atoms with E-state index in [2.05, 4.69) is 10.6 Å². The monoisotopic (exact) mass is 278 g/mol. The van der Waals surface area contributed by atoms with E-state index < -0.39 is 24.0 Å². The lowest BCUT2D eigenvalue weighted by atomic mass is 10.0. The molecule has 1 aromatic rings. The number of aliphatic carboxylic acids is 1. The van der Waals surface area contributed by atoms with Crippen LogP contribution < -0.4 is 10.6 Å². The molecule has 0 aliphatic carbocycles. The van der Waals surface area contributed by atoms with Crippen molar-refractivity contribution in [3.8, 4) is 0 Å². The van der Waals surface area contributed by atoms with Gasteiger partial charge in [0.05, 0.1) is 19.3 Å². The summed E-state index contributed by atoms with van der Waals surface area (Å²) in [5, 5.41) is 14.4. The highest BCUT2D eigenvalue weighted by Crippen LogP contribution is 2.17. The molecular weight excluding hydrogens is 260 g/mol. The second-order valence-electron chi connectivity index (χ2n) is 4.70. The SMILES string of the molecule is CCc1ccccc1NC(=O)NC1COCC1C(=O)O. The Bertz CT molecular complexity index is 504. The van der Waals surface area contributed by atoms with Gasteiger partial charge in [0.15, 0.2) is 0 Å². The van der Waals surface area contributed by atoms with E-state index >= 15 is 0 Å². The first kappa shape index (κ1) is 14.3. The number of hydrogen-bond acceptors (Lipinski definition) is 3. The van der Waals surface area contributed by atoms with Gasteiger partial charge in [0.2, 0.25) is 0 Å². The molecule has 0 bridgehead atoms. The van der Waals surface area contributed by atoms with Gasteiger partial charge in [-0.1, -0.05) is 25.1 Å². The fourth-order valence-electron chi connectivity index (χ4n) is 2.22. The van der Waals surface area contributed by atoms with Crippen molar-refractivity contribution in [1.29, 1.82) is 0 Å². The molecule has 0 spiro atoms. The molecule has 0 radical (unpaired) electrons. The maximum Gasteiger partial charge on any atom is 0.319 e. The molecule has 0 aromatic heterocycles. The smallest absolute Gasteiger partial charge is 0.319 e. The number of urea groups is 1. The largest absolute Gasteiger partial charge is 0.481 e. The summed E-state index contributed by atoms with van der Waals surface area (Å²) in [7, 11) is 0. The zero-order chi connectivity index (χ0) is 14.5. The van der Waals surface area contributed by atoms with Crippen molar-refractivity contribution in [3.63, 3.8) is 0 Å². The van der Waals surface area contributed by atoms with Crippen molar-refractivity contribution in [2.75, 3.05) is 18.5 Å². The van der Waals surface area contributed by atoms with Crippen molar-refractivity contribution in [2.45, 2.75) is 19.4 Å². The summed E-state index contributed by atoms with van der Waals surface area (Å²) >= 11 is 0. The van der Waals surface area contributed by atoms with Gasteiger partial charge < -0.3 is 20.5 Å². The topological polar surface area (TPSA) is 87.7 Å². The van der Waals surface area contributed by atoms with Crippen LogP contribution in [0.15, 0.2) is 24.3 Å². The molecule has 2 atom stereocenters. The van der Waals surface area contributed by atoms with Gasteiger partial charge in [-0.3, -0.25) is 4.79 Å². The number of carbonyl (C=O) groups is 2. The molecule has 1 aromatic carbocycles. The predicted molar refractivity (Wildman–Crippen MR) is 73.7 cm³/mol. The quantitative estimate of drug-likeness (QED) is 0.778. The number of hydrogen-bond donors (Lipinski definition) is 3. The van der Waals surface area contributed by atoms with E-state index in [4.69, 9.17) is 9.84 Å². The minimum Gasteiger partial charge on any atom is -0.481 e. The normalized spacial score (nSPS) is 21.4. The summed E-state index contributed by atoms with van der Waals surface area (Å²) in [6.45, 7) is 2.36. The number of rotatable bonds is 4. The maximum absolute atomic E-state index is 11.9. The number of anilines is 1. The number of nitrogens with one attached hydrogen (secondary N) is 2. The Balaban J connectivity index is 1.97. The van der Waals surface area contributed by atoms with E-state index in [0.717, 1.165) is 17.7 Å². The molecule has 2 unspecified atom stereocenters. The number of carboxylic acids is 1. The Morgan fingerprint density at radius 2 is 2.10 bits per heavy atom. The fourth-order valence-corrected chi connectivity index (χ4v) is 2.22. The summed E-state index contributed by atoms with van der Waals surface area (Å²) in [6, 6.07) is 6.60. The lowest BCUT2D eigenvalue weighted by molar-refractivity contribution is -0.142. The Morgan fingerprint density at radius 1 is 1.35 bits per heavy atom. The van der Waals surface area contributed by atoms with E-state index in [1.165, 1.54) is 0 Å². The van der Waals surface area contributed by atoms with Crippen LogP contribution in [-0.2, 0) is 16.0 Å². The Morgan fingerprint density at radius 3 is 2.80 bits per heavy atom. The Labute approximate surface area is 117 Å². The minimum absolute atomic E-state index is 0.131. The highest BCUT2D eigenvalue weighted by Gasteiger charge is 2.35. The van der Waals surface area contributed by atoms with Crippen molar-refractivity contribution in [2.24, 2.45) is 5.92 Å². The molecule has 1 heterocycles. The van der Waals surface area contributed by atoms with E-state index in [1.54, 1.807) is 0 Å². The van der Waals surface area contributed by atoms with Crippen LogP contribution in [0.3, 0.4) is 0 Å². The second-order valence-corrected chi connectivity index (χ2v) is 4.70. The van der Waals surface area contributed by atoms with Gasteiger partial charge in [-0.15, -0.1) is 0 Å². The van der Waals surface area contributed by atoms with E-state index in [0.29, 0.717) is 0 Å². The average Bonchev–Trinajstić information content (AvgIpc) is 2.87. The third kappa shape index (κ3) is 3.27. The number of aryl methyl sites for hydroxylation is 1. The molecule has 20 heavy (non-hydrogen) atoms. The highest BCUT2D eigenvalue weighted by molar-refractivity contribution is 5.90. The number of benzene rings is 1. The van der Waals surface area contributed by atoms with Gasteiger partial charge in [-0.25, -0.2) is 4.79 Å². The van der Waals surface area contributed by atoms with Crippen molar-refractivity contribution >= 4 is 17.7 Å². The molecule has 1 aliphatic heterocycles. The zero-order valence-corrected chi connectivity index (χ0v) is 11.3. The van der Waals surface area contributed by atoms with Gasteiger partial charge in [-0.05, 0) is 18.1 Å². The Kier molecular flexibility index (Phi) is 4.57. The molecule has 3 N–H and O–H groups in total. The van der Waals surface area contributed by atoms with Crippen LogP contribution in [-0.4, -0.2) is 36.4 Å². The molecule has 6 heteroatoms. The molecule has 1 fully saturated rings. The number of para-hydroxylation sites is 1. The lowest BCUT2D eigenvalue weighted by Gasteiger charge is -2.17. The molecule has 1 saturated heterocycles. The molecule has 0 saturated carbocycles.